The van der Waals surface area contributed by atoms with Gasteiger partial charge in [0.1, 0.15) is 16.3 Å². The molecule has 0 aliphatic carbocycles. The first-order valence-electron chi connectivity index (χ1n) is 10.1. The standard InChI is InChI=1S/C23H19N3O4S/c1-3-17-24-25-23(31-17)26-19(13-9-11-14(12-10-13)29-4-2)18-20(27)15-7-5-6-8-16(15)30-21(18)22(26)28/h5-12,19H,3-4H2,1-2H3. The third kappa shape index (κ3) is 3.11. The van der Waals surface area contributed by atoms with Gasteiger partial charge in [-0.1, -0.05) is 42.5 Å². The topological polar surface area (TPSA) is 85.5 Å². The van der Waals surface area contributed by atoms with Crippen LogP contribution in [0.15, 0.2) is 57.7 Å². The molecule has 0 spiro atoms. The molecule has 0 saturated carbocycles. The normalized spacial score (nSPS) is 15.5. The van der Waals surface area contributed by atoms with Crippen LogP contribution in [0, 0.1) is 0 Å². The number of hydrogen-bond donors (Lipinski definition) is 0. The molecule has 1 atom stereocenters. The van der Waals surface area contributed by atoms with E-state index in [1.807, 2.05) is 38.1 Å². The maximum absolute atomic E-state index is 13.5. The molecule has 5 rings (SSSR count). The Morgan fingerprint density at radius 2 is 1.84 bits per heavy atom. The molecule has 2 aromatic carbocycles. The van der Waals surface area contributed by atoms with Crippen LogP contribution in [0.5, 0.6) is 5.75 Å². The summed E-state index contributed by atoms with van der Waals surface area (Å²) in [5.74, 6) is 0.378. The number of fused-ring (bicyclic) bond motifs is 2. The number of hydrogen-bond acceptors (Lipinski definition) is 7. The molecule has 1 aliphatic rings. The highest BCUT2D eigenvalue weighted by molar-refractivity contribution is 7.15. The van der Waals surface area contributed by atoms with E-state index in [4.69, 9.17) is 9.15 Å². The Morgan fingerprint density at radius 1 is 1.06 bits per heavy atom. The first kappa shape index (κ1) is 19.4. The molecule has 0 saturated heterocycles. The average Bonchev–Trinajstić information content (AvgIpc) is 3.37. The fourth-order valence-electron chi connectivity index (χ4n) is 3.83. The van der Waals surface area contributed by atoms with Crippen molar-refractivity contribution in [1.82, 2.24) is 10.2 Å². The zero-order chi connectivity index (χ0) is 21.5. The lowest BCUT2D eigenvalue weighted by Crippen LogP contribution is -2.29. The van der Waals surface area contributed by atoms with Crippen molar-refractivity contribution in [2.24, 2.45) is 0 Å². The van der Waals surface area contributed by atoms with E-state index in [2.05, 4.69) is 10.2 Å². The third-order valence-electron chi connectivity index (χ3n) is 5.25. The van der Waals surface area contributed by atoms with Crippen molar-refractivity contribution in [3.05, 3.63) is 80.6 Å². The molecule has 2 aromatic heterocycles. The van der Waals surface area contributed by atoms with Gasteiger partial charge in [0.25, 0.3) is 5.91 Å². The van der Waals surface area contributed by atoms with Crippen LogP contribution in [0.3, 0.4) is 0 Å². The van der Waals surface area contributed by atoms with Crippen LogP contribution in [0.1, 0.15) is 46.6 Å². The third-order valence-corrected chi connectivity index (χ3v) is 6.32. The van der Waals surface area contributed by atoms with Gasteiger partial charge in [-0.05, 0) is 43.2 Å². The van der Waals surface area contributed by atoms with Gasteiger partial charge in [-0.15, -0.1) is 10.2 Å². The van der Waals surface area contributed by atoms with Gasteiger partial charge in [0.05, 0.1) is 23.6 Å². The second kappa shape index (κ2) is 7.63. The van der Waals surface area contributed by atoms with Gasteiger partial charge in [-0.2, -0.15) is 0 Å². The summed E-state index contributed by atoms with van der Waals surface area (Å²) in [6.45, 7) is 4.45. The van der Waals surface area contributed by atoms with Crippen LogP contribution >= 0.6 is 11.3 Å². The predicted octanol–water partition coefficient (Wildman–Crippen LogP) is 4.36. The summed E-state index contributed by atoms with van der Waals surface area (Å²) in [6, 6.07) is 13.7. The van der Waals surface area contributed by atoms with E-state index in [0.29, 0.717) is 34.7 Å². The van der Waals surface area contributed by atoms with E-state index in [1.165, 1.54) is 16.2 Å². The monoisotopic (exact) mass is 433 g/mol. The van der Waals surface area contributed by atoms with Gasteiger partial charge in [0.2, 0.25) is 10.9 Å². The molecular formula is C23H19N3O4S. The van der Waals surface area contributed by atoms with Crippen molar-refractivity contribution < 1.29 is 13.9 Å². The second-order valence-electron chi connectivity index (χ2n) is 7.08. The first-order chi connectivity index (χ1) is 15.1. The molecule has 0 radical (unpaired) electrons. The lowest BCUT2D eigenvalue weighted by molar-refractivity contribution is 0.0970. The minimum Gasteiger partial charge on any atom is -0.494 e. The van der Waals surface area contributed by atoms with Crippen LogP contribution in [-0.2, 0) is 6.42 Å². The molecule has 1 aliphatic heterocycles. The first-order valence-corrected chi connectivity index (χ1v) is 10.9. The maximum Gasteiger partial charge on any atom is 0.297 e. The van der Waals surface area contributed by atoms with E-state index < -0.39 is 11.9 Å². The van der Waals surface area contributed by atoms with Crippen molar-refractivity contribution in [1.29, 1.82) is 0 Å². The minimum atomic E-state index is -0.656. The maximum atomic E-state index is 13.5. The van der Waals surface area contributed by atoms with Gasteiger partial charge in [-0.3, -0.25) is 14.5 Å². The number of aryl methyl sites for hydroxylation is 1. The van der Waals surface area contributed by atoms with Crippen molar-refractivity contribution in [3.8, 4) is 5.75 Å². The summed E-state index contributed by atoms with van der Waals surface area (Å²) in [7, 11) is 0. The van der Waals surface area contributed by atoms with Gasteiger partial charge in [0, 0.05) is 0 Å². The number of ether oxygens (including phenoxy) is 1. The lowest BCUT2D eigenvalue weighted by Gasteiger charge is -2.22. The van der Waals surface area contributed by atoms with Gasteiger partial charge >= 0.3 is 0 Å². The fourth-order valence-corrected chi connectivity index (χ4v) is 4.64. The molecule has 0 bridgehead atoms. The number of para-hydroxylation sites is 1. The Bertz CT molecular complexity index is 1340. The smallest absolute Gasteiger partial charge is 0.297 e. The van der Waals surface area contributed by atoms with E-state index >= 15 is 0 Å². The number of anilines is 1. The molecule has 3 heterocycles. The van der Waals surface area contributed by atoms with E-state index in [9.17, 15) is 9.59 Å². The average molecular weight is 433 g/mol. The molecule has 7 nitrogen and oxygen atoms in total. The summed E-state index contributed by atoms with van der Waals surface area (Å²) in [5, 5.41) is 10.1. The van der Waals surface area contributed by atoms with Crippen LogP contribution in [-0.4, -0.2) is 22.7 Å². The van der Waals surface area contributed by atoms with Crippen LogP contribution in [0.25, 0.3) is 11.0 Å². The Balaban J connectivity index is 1.74. The largest absolute Gasteiger partial charge is 0.494 e. The number of benzene rings is 2. The Morgan fingerprint density at radius 3 is 2.55 bits per heavy atom. The van der Waals surface area contributed by atoms with Crippen LogP contribution in [0.2, 0.25) is 0 Å². The van der Waals surface area contributed by atoms with Crippen molar-refractivity contribution in [2.75, 3.05) is 11.5 Å². The molecule has 1 unspecified atom stereocenters. The molecule has 0 fully saturated rings. The summed E-state index contributed by atoms with van der Waals surface area (Å²) in [6.07, 6.45) is 0.710. The summed E-state index contributed by atoms with van der Waals surface area (Å²) in [5.41, 5.74) is 1.26. The Labute approximate surface area is 181 Å². The quantitative estimate of drug-likeness (QED) is 0.465. The fraction of sp³-hybridized carbons (Fsp3) is 0.217. The highest BCUT2D eigenvalue weighted by Gasteiger charge is 2.45. The molecule has 8 heteroatoms. The number of aromatic nitrogens is 2. The Hall–Kier alpha value is -3.52. The van der Waals surface area contributed by atoms with E-state index in [0.717, 1.165) is 16.3 Å². The number of rotatable bonds is 5. The summed E-state index contributed by atoms with van der Waals surface area (Å²) in [4.78, 5) is 28.4. The number of carbonyl (C=O) groups excluding carboxylic acids is 1. The highest BCUT2D eigenvalue weighted by Crippen LogP contribution is 2.42. The molecule has 1 amide bonds. The summed E-state index contributed by atoms with van der Waals surface area (Å²) < 4.78 is 11.5. The highest BCUT2D eigenvalue weighted by atomic mass is 32.1. The van der Waals surface area contributed by atoms with Crippen LogP contribution < -0.4 is 15.1 Å². The van der Waals surface area contributed by atoms with Gasteiger partial charge in [0.15, 0.2) is 5.43 Å². The molecule has 31 heavy (non-hydrogen) atoms. The molecule has 156 valence electrons. The van der Waals surface area contributed by atoms with E-state index in [-0.39, 0.29) is 11.2 Å². The van der Waals surface area contributed by atoms with E-state index in [1.54, 1.807) is 24.3 Å². The van der Waals surface area contributed by atoms with Gasteiger partial charge in [-0.25, -0.2) is 0 Å². The van der Waals surface area contributed by atoms with Gasteiger partial charge < -0.3 is 9.15 Å². The zero-order valence-corrected chi connectivity index (χ0v) is 17.8. The lowest BCUT2D eigenvalue weighted by atomic mass is 9.98. The summed E-state index contributed by atoms with van der Waals surface area (Å²) >= 11 is 1.34. The Kier molecular flexibility index (Phi) is 4.78. The van der Waals surface area contributed by atoms with Crippen LogP contribution in [0.4, 0.5) is 5.13 Å². The number of amides is 1. The molecular weight excluding hydrogens is 414 g/mol. The zero-order valence-electron chi connectivity index (χ0n) is 17.0. The minimum absolute atomic E-state index is 0.0517. The van der Waals surface area contributed by atoms with Crippen molar-refractivity contribution >= 4 is 33.3 Å². The van der Waals surface area contributed by atoms with Crippen molar-refractivity contribution in [2.45, 2.75) is 26.3 Å². The second-order valence-corrected chi connectivity index (χ2v) is 8.12. The molecule has 4 aromatic rings. The number of nitrogens with zero attached hydrogens (tertiary/aromatic N) is 3. The molecule has 0 N–H and O–H groups in total. The number of carbonyl (C=O) groups is 1. The van der Waals surface area contributed by atoms with Crippen molar-refractivity contribution in [3.63, 3.8) is 0 Å². The SMILES string of the molecule is CCOc1ccc(C2c3c(oc4ccccc4c3=O)C(=O)N2c2nnc(CC)s2)cc1. The predicted molar refractivity (Wildman–Crippen MR) is 118 cm³/mol.